The molecule has 0 saturated carbocycles. The molecule has 0 aliphatic carbocycles. The second kappa shape index (κ2) is 5.69. The van der Waals surface area contributed by atoms with E-state index in [1.54, 1.807) is 0 Å². The molecule has 0 heterocycles. The topological polar surface area (TPSA) is 38.0 Å². The van der Waals surface area contributed by atoms with Crippen molar-refractivity contribution in [1.82, 2.24) is 5.32 Å². The molecule has 1 atom stereocenters. The highest BCUT2D eigenvalue weighted by atomic mass is 14.9. The van der Waals surface area contributed by atoms with Gasteiger partial charge in [-0.1, -0.05) is 42.0 Å². The SMILES string of the molecule is Cc1ccc([C@H](C)NCc2cccc(N)c2)cc1. The summed E-state index contributed by atoms with van der Waals surface area (Å²) in [6, 6.07) is 17.0. The first-order valence-corrected chi connectivity index (χ1v) is 6.29. The predicted octanol–water partition coefficient (Wildman–Crippen LogP) is 3.43. The van der Waals surface area contributed by atoms with E-state index >= 15 is 0 Å². The molecule has 0 unspecified atom stereocenters. The number of nitrogens with one attached hydrogen (secondary N) is 1. The van der Waals surface area contributed by atoms with Gasteiger partial charge in [0.25, 0.3) is 0 Å². The summed E-state index contributed by atoms with van der Waals surface area (Å²) < 4.78 is 0. The summed E-state index contributed by atoms with van der Waals surface area (Å²) in [5.74, 6) is 0. The van der Waals surface area contributed by atoms with Crippen LogP contribution in [0.3, 0.4) is 0 Å². The Hall–Kier alpha value is -1.80. The van der Waals surface area contributed by atoms with Crippen molar-refractivity contribution >= 4 is 5.69 Å². The fourth-order valence-electron chi connectivity index (χ4n) is 1.95. The molecule has 0 spiro atoms. The van der Waals surface area contributed by atoms with Gasteiger partial charge in [0.15, 0.2) is 0 Å². The third-order valence-corrected chi connectivity index (χ3v) is 3.14. The van der Waals surface area contributed by atoms with Crippen molar-refractivity contribution < 1.29 is 0 Å². The Morgan fingerprint density at radius 3 is 2.50 bits per heavy atom. The third kappa shape index (κ3) is 3.34. The molecular formula is C16H20N2. The van der Waals surface area contributed by atoms with E-state index < -0.39 is 0 Å². The van der Waals surface area contributed by atoms with Crippen molar-refractivity contribution in [3.05, 3.63) is 65.2 Å². The molecular weight excluding hydrogens is 220 g/mol. The summed E-state index contributed by atoms with van der Waals surface area (Å²) in [4.78, 5) is 0. The van der Waals surface area contributed by atoms with Crippen LogP contribution in [0.1, 0.15) is 29.7 Å². The van der Waals surface area contributed by atoms with Gasteiger partial charge in [-0.2, -0.15) is 0 Å². The number of rotatable bonds is 4. The molecule has 3 N–H and O–H groups in total. The monoisotopic (exact) mass is 240 g/mol. The first-order valence-electron chi connectivity index (χ1n) is 6.29. The summed E-state index contributed by atoms with van der Waals surface area (Å²) in [5, 5.41) is 3.51. The van der Waals surface area contributed by atoms with Crippen LogP contribution in [0.2, 0.25) is 0 Å². The zero-order chi connectivity index (χ0) is 13.0. The summed E-state index contributed by atoms with van der Waals surface area (Å²) in [5.41, 5.74) is 10.4. The fraction of sp³-hybridized carbons (Fsp3) is 0.250. The van der Waals surface area contributed by atoms with Gasteiger partial charge in [0.05, 0.1) is 0 Å². The Kier molecular flexibility index (Phi) is 4.00. The van der Waals surface area contributed by atoms with Crippen LogP contribution in [0.5, 0.6) is 0 Å². The normalized spacial score (nSPS) is 12.3. The lowest BCUT2D eigenvalue weighted by molar-refractivity contribution is 0.575. The Bertz CT molecular complexity index is 503. The molecule has 0 bridgehead atoms. The molecule has 18 heavy (non-hydrogen) atoms. The highest BCUT2D eigenvalue weighted by Gasteiger charge is 2.04. The Balaban J connectivity index is 1.96. The maximum absolute atomic E-state index is 5.76. The standard InChI is InChI=1S/C16H20N2/c1-12-6-8-15(9-7-12)13(2)18-11-14-4-3-5-16(17)10-14/h3-10,13,18H,11,17H2,1-2H3/t13-/m0/s1. The molecule has 0 fully saturated rings. The summed E-state index contributed by atoms with van der Waals surface area (Å²) in [7, 11) is 0. The molecule has 0 radical (unpaired) electrons. The van der Waals surface area contributed by atoms with Crippen LogP contribution in [0, 0.1) is 6.92 Å². The van der Waals surface area contributed by atoms with Gasteiger partial charge in [-0.15, -0.1) is 0 Å². The predicted molar refractivity (Wildman–Crippen MR) is 77.3 cm³/mol. The van der Waals surface area contributed by atoms with Crippen LogP contribution < -0.4 is 11.1 Å². The van der Waals surface area contributed by atoms with E-state index in [0.29, 0.717) is 6.04 Å². The molecule has 0 saturated heterocycles. The van der Waals surface area contributed by atoms with E-state index in [2.05, 4.69) is 49.5 Å². The lowest BCUT2D eigenvalue weighted by Gasteiger charge is -2.14. The van der Waals surface area contributed by atoms with E-state index in [-0.39, 0.29) is 0 Å². The van der Waals surface area contributed by atoms with Crippen LogP contribution in [0.15, 0.2) is 48.5 Å². The highest BCUT2D eigenvalue weighted by molar-refractivity contribution is 5.40. The van der Waals surface area contributed by atoms with Crippen molar-refractivity contribution in [1.29, 1.82) is 0 Å². The number of nitrogen functional groups attached to an aromatic ring is 1. The quantitative estimate of drug-likeness (QED) is 0.803. The van der Waals surface area contributed by atoms with Crippen molar-refractivity contribution in [3.63, 3.8) is 0 Å². The minimum absolute atomic E-state index is 0.340. The third-order valence-electron chi connectivity index (χ3n) is 3.14. The molecule has 2 aromatic rings. The minimum atomic E-state index is 0.340. The second-order valence-electron chi connectivity index (χ2n) is 4.76. The maximum atomic E-state index is 5.76. The van der Waals surface area contributed by atoms with Gasteiger partial charge >= 0.3 is 0 Å². The van der Waals surface area contributed by atoms with E-state index in [1.807, 2.05) is 18.2 Å². The van der Waals surface area contributed by atoms with Crippen LogP contribution >= 0.6 is 0 Å². The summed E-state index contributed by atoms with van der Waals surface area (Å²) in [6.07, 6.45) is 0. The summed E-state index contributed by atoms with van der Waals surface area (Å²) in [6.45, 7) is 5.12. The van der Waals surface area contributed by atoms with Crippen molar-refractivity contribution in [2.24, 2.45) is 0 Å². The van der Waals surface area contributed by atoms with Gasteiger partial charge < -0.3 is 11.1 Å². The van der Waals surface area contributed by atoms with E-state index in [9.17, 15) is 0 Å². The number of hydrogen-bond donors (Lipinski definition) is 2. The smallest absolute Gasteiger partial charge is 0.0317 e. The van der Waals surface area contributed by atoms with E-state index in [4.69, 9.17) is 5.73 Å². The van der Waals surface area contributed by atoms with Gasteiger partial charge in [-0.05, 0) is 37.1 Å². The number of benzene rings is 2. The molecule has 0 aliphatic heterocycles. The van der Waals surface area contributed by atoms with Crippen molar-refractivity contribution in [3.8, 4) is 0 Å². The highest BCUT2D eigenvalue weighted by Crippen LogP contribution is 2.14. The van der Waals surface area contributed by atoms with Gasteiger partial charge in [-0.25, -0.2) is 0 Å². The van der Waals surface area contributed by atoms with Gasteiger partial charge in [0, 0.05) is 18.3 Å². The van der Waals surface area contributed by atoms with Gasteiger partial charge in [0.1, 0.15) is 0 Å². The number of aryl methyl sites for hydroxylation is 1. The molecule has 0 aromatic heterocycles. The fourth-order valence-corrected chi connectivity index (χ4v) is 1.95. The Morgan fingerprint density at radius 2 is 1.83 bits per heavy atom. The minimum Gasteiger partial charge on any atom is -0.399 e. The van der Waals surface area contributed by atoms with Gasteiger partial charge in [-0.3, -0.25) is 0 Å². The van der Waals surface area contributed by atoms with Crippen LogP contribution in [-0.4, -0.2) is 0 Å². The lowest BCUT2D eigenvalue weighted by Crippen LogP contribution is -2.18. The molecule has 2 aromatic carbocycles. The van der Waals surface area contributed by atoms with Crippen LogP contribution in [0.4, 0.5) is 5.69 Å². The first kappa shape index (κ1) is 12.7. The van der Waals surface area contributed by atoms with E-state index in [1.165, 1.54) is 16.7 Å². The van der Waals surface area contributed by atoms with Gasteiger partial charge in [0.2, 0.25) is 0 Å². The first-order chi connectivity index (χ1) is 8.65. The number of anilines is 1. The Labute approximate surface area is 109 Å². The average molecular weight is 240 g/mol. The summed E-state index contributed by atoms with van der Waals surface area (Å²) >= 11 is 0. The maximum Gasteiger partial charge on any atom is 0.0317 e. The number of nitrogens with two attached hydrogens (primary N) is 1. The largest absolute Gasteiger partial charge is 0.399 e. The lowest BCUT2D eigenvalue weighted by atomic mass is 10.1. The average Bonchev–Trinajstić information content (AvgIpc) is 2.37. The molecule has 2 heteroatoms. The van der Waals surface area contributed by atoms with Crippen LogP contribution in [0.25, 0.3) is 0 Å². The zero-order valence-electron chi connectivity index (χ0n) is 11.0. The van der Waals surface area contributed by atoms with Crippen molar-refractivity contribution in [2.75, 3.05) is 5.73 Å². The second-order valence-corrected chi connectivity index (χ2v) is 4.76. The molecule has 0 amide bonds. The molecule has 2 nitrogen and oxygen atoms in total. The molecule has 2 rings (SSSR count). The van der Waals surface area contributed by atoms with Crippen LogP contribution in [-0.2, 0) is 6.54 Å². The van der Waals surface area contributed by atoms with E-state index in [0.717, 1.165) is 12.2 Å². The Morgan fingerprint density at radius 1 is 1.11 bits per heavy atom. The molecule has 0 aliphatic rings. The number of hydrogen-bond acceptors (Lipinski definition) is 2. The molecule has 94 valence electrons. The van der Waals surface area contributed by atoms with Crippen molar-refractivity contribution in [2.45, 2.75) is 26.4 Å². The zero-order valence-corrected chi connectivity index (χ0v) is 11.0.